The van der Waals surface area contributed by atoms with Crippen molar-refractivity contribution in [3.05, 3.63) is 23.8 Å². The van der Waals surface area contributed by atoms with E-state index in [4.69, 9.17) is 0 Å². The fourth-order valence-corrected chi connectivity index (χ4v) is 4.80. The second-order valence-corrected chi connectivity index (χ2v) is 8.30. The second-order valence-electron chi connectivity index (χ2n) is 6.08. The number of hydrogen-bond donors (Lipinski definition) is 0. The largest absolute Gasteiger partial charge is 0.573 e. The van der Waals surface area contributed by atoms with Gasteiger partial charge in [0.25, 0.3) is 0 Å². The molecule has 1 fully saturated rings. The van der Waals surface area contributed by atoms with Crippen LogP contribution in [0.4, 0.5) is 18.9 Å². The van der Waals surface area contributed by atoms with E-state index in [9.17, 15) is 26.4 Å². The van der Waals surface area contributed by atoms with Gasteiger partial charge in [0.2, 0.25) is 15.9 Å². The first kappa shape index (κ1) is 18.0. The number of nitrogens with zero attached hydrogens (tertiary/aromatic N) is 2. The molecule has 0 aromatic heterocycles. The molecule has 6 nitrogen and oxygen atoms in total. The van der Waals surface area contributed by atoms with Crippen molar-refractivity contribution in [2.24, 2.45) is 0 Å². The number of fused-ring (bicyclic) bond motifs is 1. The topological polar surface area (TPSA) is 66.9 Å². The van der Waals surface area contributed by atoms with Crippen molar-refractivity contribution < 1.29 is 31.1 Å². The van der Waals surface area contributed by atoms with E-state index in [1.807, 2.05) is 0 Å². The molecular formula is C15H17F3N2O4S. The number of carbonyl (C=O) groups is 1. The zero-order valence-electron chi connectivity index (χ0n) is 13.4. The third-order valence-electron chi connectivity index (χ3n) is 4.44. The Hall–Kier alpha value is -1.81. The molecule has 25 heavy (non-hydrogen) atoms. The molecule has 1 amide bonds. The first-order valence-corrected chi connectivity index (χ1v) is 9.25. The summed E-state index contributed by atoms with van der Waals surface area (Å²) in [5.41, 5.74) is 0.973. The molecule has 138 valence electrons. The van der Waals surface area contributed by atoms with E-state index < -0.39 is 27.5 Å². The third kappa shape index (κ3) is 3.45. The van der Waals surface area contributed by atoms with Gasteiger partial charge in [-0.25, -0.2) is 12.7 Å². The van der Waals surface area contributed by atoms with Crippen molar-refractivity contribution in [1.82, 2.24) is 4.31 Å². The molecule has 0 N–H and O–H groups in total. The molecule has 2 heterocycles. The number of ether oxygens (including phenoxy) is 1. The van der Waals surface area contributed by atoms with Crippen molar-refractivity contribution >= 4 is 21.6 Å². The number of hydrogen-bond acceptors (Lipinski definition) is 4. The highest BCUT2D eigenvalue weighted by Crippen LogP contribution is 2.34. The summed E-state index contributed by atoms with van der Waals surface area (Å²) < 4.78 is 66.6. The second kappa shape index (κ2) is 6.17. The average Bonchev–Trinajstić information content (AvgIpc) is 2.78. The van der Waals surface area contributed by atoms with Crippen LogP contribution in [0, 0.1) is 0 Å². The SMILES string of the molecule is CN1CCC(C(=O)N2CCCc3cc(OC(F)(F)F)ccc32)S1(=O)=O. The minimum Gasteiger partial charge on any atom is -0.406 e. The Balaban J connectivity index is 1.88. The summed E-state index contributed by atoms with van der Waals surface area (Å²) >= 11 is 0. The van der Waals surface area contributed by atoms with E-state index in [2.05, 4.69) is 4.74 Å². The van der Waals surface area contributed by atoms with Crippen LogP contribution < -0.4 is 9.64 Å². The maximum atomic E-state index is 12.7. The lowest BCUT2D eigenvalue weighted by Gasteiger charge is -2.31. The molecule has 0 spiro atoms. The van der Waals surface area contributed by atoms with Gasteiger partial charge >= 0.3 is 6.36 Å². The van der Waals surface area contributed by atoms with Crippen LogP contribution in [0.5, 0.6) is 5.75 Å². The predicted octanol–water partition coefficient (Wildman–Crippen LogP) is 1.90. The Morgan fingerprint density at radius 1 is 1.28 bits per heavy atom. The number of alkyl halides is 3. The molecule has 3 rings (SSSR count). The number of benzene rings is 1. The van der Waals surface area contributed by atoms with Crippen LogP contribution in [-0.4, -0.2) is 50.4 Å². The molecule has 0 bridgehead atoms. The quantitative estimate of drug-likeness (QED) is 0.788. The fourth-order valence-electron chi connectivity index (χ4n) is 3.22. The summed E-state index contributed by atoms with van der Waals surface area (Å²) in [7, 11) is -2.26. The summed E-state index contributed by atoms with van der Waals surface area (Å²) in [6, 6.07) is 3.75. The van der Waals surface area contributed by atoms with Crippen LogP contribution in [-0.2, 0) is 21.2 Å². The highest BCUT2D eigenvalue weighted by atomic mass is 32.2. The highest BCUT2D eigenvalue weighted by Gasteiger charge is 2.44. The zero-order valence-corrected chi connectivity index (χ0v) is 14.2. The maximum Gasteiger partial charge on any atom is 0.573 e. The molecule has 0 aliphatic carbocycles. The summed E-state index contributed by atoms with van der Waals surface area (Å²) in [6.45, 7) is 0.610. The number of carbonyl (C=O) groups excluding carboxylic acids is 1. The maximum absolute atomic E-state index is 12.7. The number of anilines is 1. The standard InChI is InChI=1S/C15H17F3N2O4S/c1-19-8-6-13(25(19,22)23)14(21)20-7-2-3-10-9-11(4-5-12(10)20)24-15(16,17)18/h4-5,9,13H,2-3,6-8H2,1H3. The summed E-state index contributed by atoms with van der Waals surface area (Å²) in [6.07, 6.45) is -3.55. The van der Waals surface area contributed by atoms with E-state index in [-0.39, 0.29) is 18.7 Å². The lowest BCUT2D eigenvalue weighted by molar-refractivity contribution is -0.274. The molecule has 2 aliphatic heterocycles. The molecular weight excluding hydrogens is 361 g/mol. The van der Waals surface area contributed by atoms with Gasteiger partial charge in [-0.2, -0.15) is 0 Å². The number of halogens is 3. The van der Waals surface area contributed by atoms with Crippen molar-refractivity contribution in [3.8, 4) is 5.75 Å². The molecule has 1 aromatic carbocycles. The summed E-state index contributed by atoms with van der Waals surface area (Å²) in [5.74, 6) is -0.886. The van der Waals surface area contributed by atoms with Gasteiger partial charge in [0.1, 0.15) is 5.75 Å². The molecule has 0 saturated carbocycles. The van der Waals surface area contributed by atoms with Crippen LogP contribution in [0.1, 0.15) is 18.4 Å². The zero-order chi connectivity index (χ0) is 18.4. The molecule has 0 radical (unpaired) electrons. The normalized spacial score (nSPS) is 23.4. The summed E-state index contributed by atoms with van der Waals surface area (Å²) in [4.78, 5) is 14.1. The van der Waals surface area contributed by atoms with Crippen molar-refractivity contribution in [2.75, 3.05) is 25.0 Å². The van der Waals surface area contributed by atoms with Crippen LogP contribution in [0.3, 0.4) is 0 Å². The monoisotopic (exact) mass is 378 g/mol. The fraction of sp³-hybridized carbons (Fsp3) is 0.533. The number of rotatable bonds is 2. The van der Waals surface area contributed by atoms with E-state index in [1.54, 1.807) is 0 Å². The first-order chi connectivity index (χ1) is 11.6. The van der Waals surface area contributed by atoms with Crippen LogP contribution >= 0.6 is 0 Å². The Morgan fingerprint density at radius 2 is 2.00 bits per heavy atom. The van der Waals surface area contributed by atoms with Gasteiger partial charge in [0.15, 0.2) is 5.25 Å². The Kier molecular flexibility index (Phi) is 4.44. The minimum absolute atomic E-state index is 0.207. The molecule has 1 atom stereocenters. The lowest BCUT2D eigenvalue weighted by atomic mass is 10.0. The van der Waals surface area contributed by atoms with Gasteiger partial charge in [-0.15, -0.1) is 13.2 Å². The van der Waals surface area contributed by atoms with Crippen molar-refractivity contribution in [1.29, 1.82) is 0 Å². The Labute approximate surface area is 143 Å². The molecule has 2 aliphatic rings. The van der Waals surface area contributed by atoms with Crippen LogP contribution in [0.2, 0.25) is 0 Å². The number of amides is 1. The highest BCUT2D eigenvalue weighted by molar-refractivity contribution is 7.90. The third-order valence-corrected chi connectivity index (χ3v) is 6.65. The van der Waals surface area contributed by atoms with Gasteiger partial charge in [0.05, 0.1) is 0 Å². The Morgan fingerprint density at radius 3 is 2.60 bits per heavy atom. The van der Waals surface area contributed by atoms with Crippen LogP contribution in [0.25, 0.3) is 0 Å². The predicted molar refractivity (Wildman–Crippen MR) is 83.8 cm³/mol. The minimum atomic E-state index is -4.79. The van der Waals surface area contributed by atoms with Gasteiger partial charge in [0, 0.05) is 25.8 Å². The van der Waals surface area contributed by atoms with E-state index in [1.165, 1.54) is 24.1 Å². The van der Waals surface area contributed by atoms with Crippen LogP contribution in [0.15, 0.2) is 18.2 Å². The Bertz CT molecular complexity index is 794. The van der Waals surface area contributed by atoms with Gasteiger partial charge < -0.3 is 9.64 Å². The smallest absolute Gasteiger partial charge is 0.406 e. The van der Waals surface area contributed by atoms with Crippen molar-refractivity contribution in [2.45, 2.75) is 30.9 Å². The van der Waals surface area contributed by atoms with E-state index in [0.29, 0.717) is 30.6 Å². The number of aryl methyl sites for hydroxylation is 1. The number of sulfonamides is 1. The lowest BCUT2D eigenvalue weighted by Crippen LogP contribution is -2.45. The van der Waals surface area contributed by atoms with E-state index in [0.717, 1.165) is 10.4 Å². The molecule has 1 unspecified atom stereocenters. The molecule has 1 aromatic rings. The summed E-state index contributed by atoms with van der Waals surface area (Å²) in [5, 5.41) is -1.14. The molecule has 1 saturated heterocycles. The van der Waals surface area contributed by atoms with E-state index >= 15 is 0 Å². The first-order valence-electron chi connectivity index (χ1n) is 7.75. The van der Waals surface area contributed by atoms with Crippen molar-refractivity contribution in [3.63, 3.8) is 0 Å². The average molecular weight is 378 g/mol. The van der Waals surface area contributed by atoms with Gasteiger partial charge in [-0.3, -0.25) is 4.79 Å². The van der Waals surface area contributed by atoms with Gasteiger partial charge in [-0.1, -0.05) is 0 Å². The molecule has 10 heteroatoms. The van der Waals surface area contributed by atoms with Gasteiger partial charge in [-0.05, 0) is 43.0 Å².